The van der Waals surface area contributed by atoms with Crippen molar-refractivity contribution in [2.75, 3.05) is 11.5 Å². The van der Waals surface area contributed by atoms with Gasteiger partial charge < -0.3 is 16.2 Å². The fourth-order valence-corrected chi connectivity index (χ4v) is 2.34. The van der Waals surface area contributed by atoms with Crippen LogP contribution >= 0.6 is 0 Å². The summed E-state index contributed by atoms with van der Waals surface area (Å²) >= 11 is 0. The molecule has 0 amide bonds. The first kappa shape index (κ1) is 17.3. The molecule has 0 saturated heterocycles. The van der Waals surface area contributed by atoms with Crippen LogP contribution in [0.15, 0.2) is 18.2 Å². The standard InChI is InChI=1S/C17H28N2O2/c1-11(8-12(2)16(20)21-17(3,4)5)9-13-6-7-14(18)15(19)10-13/h6-7,10-12H,8-9,18-19H2,1-5H3/t11-,12?/m1/s1. The molecule has 0 bridgehead atoms. The summed E-state index contributed by atoms with van der Waals surface area (Å²) in [4.78, 5) is 12.0. The first-order valence-corrected chi connectivity index (χ1v) is 7.45. The lowest BCUT2D eigenvalue weighted by atomic mass is 9.91. The molecule has 4 heteroatoms. The highest BCUT2D eigenvalue weighted by atomic mass is 16.6. The highest BCUT2D eigenvalue weighted by Gasteiger charge is 2.23. The van der Waals surface area contributed by atoms with Crippen LogP contribution in [0.25, 0.3) is 0 Å². The molecule has 0 radical (unpaired) electrons. The molecule has 1 unspecified atom stereocenters. The van der Waals surface area contributed by atoms with Gasteiger partial charge in [0, 0.05) is 0 Å². The van der Waals surface area contributed by atoms with E-state index >= 15 is 0 Å². The Balaban J connectivity index is 2.54. The number of hydrogen-bond donors (Lipinski definition) is 2. The van der Waals surface area contributed by atoms with Crippen molar-refractivity contribution in [3.63, 3.8) is 0 Å². The van der Waals surface area contributed by atoms with Crippen LogP contribution in [0.1, 0.15) is 46.6 Å². The van der Waals surface area contributed by atoms with E-state index in [-0.39, 0.29) is 11.9 Å². The summed E-state index contributed by atoms with van der Waals surface area (Å²) < 4.78 is 5.41. The van der Waals surface area contributed by atoms with Crippen molar-refractivity contribution >= 4 is 17.3 Å². The number of hydrogen-bond acceptors (Lipinski definition) is 4. The maximum Gasteiger partial charge on any atom is 0.309 e. The van der Waals surface area contributed by atoms with Crippen LogP contribution in [0.4, 0.5) is 11.4 Å². The van der Waals surface area contributed by atoms with E-state index in [4.69, 9.17) is 16.2 Å². The van der Waals surface area contributed by atoms with Crippen LogP contribution in [-0.4, -0.2) is 11.6 Å². The molecule has 0 aliphatic carbocycles. The molecule has 0 aliphatic rings. The molecule has 118 valence electrons. The Bertz CT molecular complexity index is 492. The van der Waals surface area contributed by atoms with Crippen molar-refractivity contribution in [3.05, 3.63) is 23.8 Å². The lowest BCUT2D eigenvalue weighted by Crippen LogP contribution is -2.28. The van der Waals surface area contributed by atoms with Crippen molar-refractivity contribution in [2.24, 2.45) is 11.8 Å². The summed E-state index contributed by atoms with van der Waals surface area (Å²) in [5, 5.41) is 0. The maximum atomic E-state index is 12.0. The number of rotatable bonds is 5. The second-order valence-corrected chi connectivity index (χ2v) is 6.94. The van der Waals surface area contributed by atoms with Gasteiger partial charge in [-0.25, -0.2) is 0 Å². The highest BCUT2D eigenvalue weighted by molar-refractivity contribution is 5.72. The molecular formula is C17H28N2O2. The number of esters is 1. The number of nitrogen functional groups attached to an aromatic ring is 2. The minimum absolute atomic E-state index is 0.106. The van der Waals surface area contributed by atoms with Crippen LogP contribution in [-0.2, 0) is 16.0 Å². The van der Waals surface area contributed by atoms with E-state index in [1.54, 1.807) is 0 Å². The zero-order valence-electron chi connectivity index (χ0n) is 13.8. The van der Waals surface area contributed by atoms with Crippen molar-refractivity contribution in [2.45, 2.75) is 53.1 Å². The largest absolute Gasteiger partial charge is 0.460 e. The third-order valence-corrected chi connectivity index (χ3v) is 3.30. The Hall–Kier alpha value is -1.71. The molecule has 0 fully saturated rings. The summed E-state index contributed by atoms with van der Waals surface area (Å²) in [5.74, 6) is 0.132. The molecule has 21 heavy (non-hydrogen) atoms. The van der Waals surface area contributed by atoms with E-state index in [1.807, 2.05) is 45.9 Å². The smallest absolute Gasteiger partial charge is 0.309 e. The first-order valence-electron chi connectivity index (χ1n) is 7.45. The van der Waals surface area contributed by atoms with Crippen molar-refractivity contribution in [1.29, 1.82) is 0 Å². The fraction of sp³-hybridized carbons (Fsp3) is 0.588. The molecule has 2 atom stereocenters. The minimum Gasteiger partial charge on any atom is -0.460 e. The first-order chi connectivity index (χ1) is 9.58. The van der Waals surface area contributed by atoms with E-state index in [1.165, 1.54) is 0 Å². The molecule has 4 nitrogen and oxygen atoms in total. The molecule has 4 N–H and O–H groups in total. The van der Waals surface area contributed by atoms with Crippen molar-refractivity contribution in [3.8, 4) is 0 Å². The average Bonchev–Trinajstić information content (AvgIpc) is 2.31. The zero-order chi connectivity index (χ0) is 16.2. The minimum atomic E-state index is -0.431. The van der Waals surface area contributed by atoms with Gasteiger partial charge in [-0.3, -0.25) is 4.79 Å². The molecule has 0 saturated carbocycles. The molecule has 1 aromatic rings. The monoisotopic (exact) mass is 292 g/mol. The third-order valence-electron chi connectivity index (χ3n) is 3.30. The topological polar surface area (TPSA) is 78.3 Å². The Morgan fingerprint density at radius 2 is 1.81 bits per heavy atom. The quantitative estimate of drug-likeness (QED) is 0.644. The van der Waals surface area contributed by atoms with E-state index < -0.39 is 5.60 Å². The molecule has 0 heterocycles. The number of ether oxygens (including phenoxy) is 1. The Labute approximate surface area is 127 Å². The van der Waals surface area contributed by atoms with Gasteiger partial charge in [0.2, 0.25) is 0 Å². The van der Waals surface area contributed by atoms with Gasteiger partial charge in [0.15, 0.2) is 0 Å². The van der Waals surface area contributed by atoms with Crippen LogP contribution in [0.5, 0.6) is 0 Å². The second-order valence-electron chi connectivity index (χ2n) is 6.94. The number of anilines is 2. The number of nitrogens with two attached hydrogens (primary N) is 2. The fourth-order valence-electron chi connectivity index (χ4n) is 2.34. The van der Waals surface area contributed by atoms with Crippen LogP contribution in [0, 0.1) is 11.8 Å². The lowest BCUT2D eigenvalue weighted by molar-refractivity contribution is -0.159. The predicted molar refractivity (Wildman–Crippen MR) is 87.8 cm³/mol. The Morgan fingerprint density at radius 3 is 2.33 bits per heavy atom. The van der Waals surface area contributed by atoms with E-state index in [9.17, 15) is 4.79 Å². The van der Waals surface area contributed by atoms with Gasteiger partial charge in [0.25, 0.3) is 0 Å². The molecular weight excluding hydrogens is 264 g/mol. The Kier molecular flexibility index (Phi) is 5.64. The van der Waals surface area contributed by atoms with Crippen LogP contribution < -0.4 is 11.5 Å². The highest BCUT2D eigenvalue weighted by Crippen LogP contribution is 2.23. The summed E-state index contributed by atoms with van der Waals surface area (Å²) in [6, 6.07) is 5.72. The van der Waals surface area contributed by atoms with E-state index in [0.717, 1.165) is 18.4 Å². The average molecular weight is 292 g/mol. The Morgan fingerprint density at radius 1 is 1.19 bits per heavy atom. The normalized spacial score (nSPS) is 14.5. The molecule has 0 aliphatic heterocycles. The molecule has 1 aromatic carbocycles. The third kappa shape index (κ3) is 6.06. The van der Waals surface area contributed by atoms with Crippen LogP contribution in [0.2, 0.25) is 0 Å². The van der Waals surface area contributed by atoms with Gasteiger partial charge in [0.1, 0.15) is 5.60 Å². The molecule has 0 spiro atoms. The summed E-state index contributed by atoms with van der Waals surface area (Å²) in [5.41, 5.74) is 13.5. The van der Waals surface area contributed by atoms with Crippen LogP contribution in [0.3, 0.4) is 0 Å². The molecule has 0 aromatic heterocycles. The second kappa shape index (κ2) is 6.83. The van der Waals surface area contributed by atoms with E-state index in [0.29, 0.717) is 17.3 Å². The van der Waals surface area contributed by atoms with Gasteiger partial charge in [-0.05, 0) is 57.2 Å². The van der Waals surface area contributed by atoms with Gasteiger partial charge in [-0.1, -0.05) is 19.9 Å². The maximum absolute atomic E-state index is 12.0. The number of carbonyl (C=O) groups is 1. The SMILES string of the molecule is CC(C[C@@H](C)Cc1ccc(N)c(N)c1)C(=O)OC(C)(C)C. The predicted octanol–water partition coefficient (Wildman–Crippen LogP) is 3.40. The lowest BCUT2D eigenvalue weighted by Gasteiger charge is -2.23. The van der Waals surface area contributed by atoms with Gasteiger partial charge in [0.05, 0.1) is 17.3 Å². The van der Waals surface area contributed by atoms with Crippen molar-refractivity contribution < 1.29 is 9.53 Å². The summed E-state index contributed by atoms with van der Waals surface area (Å²) in [6.07, 6.45) is 1.66. The summed E-state index contributed by atoms with van der Waals surface area (Å²) in [6.45, 7) is 9.71. The molecule has 1 rings (SSSR count). The summed E-state index contributed by atoms with van der Waals surface area (Å²) in [7, 11) is 0. The van der Waals surface area contributed by atoms with E-state index in [2.05, 4.69) is 6.92 Å². The zero-order valence-corrected chi connectivity index (χ0v) is 13.8. The van der Waals surface area contributed by atoms with Gasteiger partial charge in [-0.15, -0.1) is 0 Å². The number of carbonyl (C=O) groups excluding carboxylic acids is 1. The van der Waals surface area contributed by atoms with Gasteiger partial charge in [-0.2, -0.15) is 0 Å². The number of benzene rings is 1. The van der Waals surface area contributed by atoms with Gasteiger partial charge >= 0.3 is 5.97 Å². The van der Waals surface area contributed by atoms with Crippen molar-refractivity contribution in [1.82, 2.24) is 0 Å².